The molecule has 116 valence electrons. The summed E-state index contributed by atoms with van der Waals surface area (Å²) in [5, 5.41) is 9.08. The lowest BCUT2D eigenvalue weighted by Gasteiger charge is -2.16. The minimum absolute atomic E-state index is 0.525. The van der Waals surface area contributed by atoms with E-state index in [-0.39, 0.29) is 0 Å². The number of hydrogen-bond donors (Lipinski definition) is 4. The number of carboxylic acids is 1. The number of aliphatic carboxylic acids is 1. The molecule has 23 heavy (non-hydrogen) atoms. The molecule has 0 amide bonds. The molecule has 2 atom stereocenters. The van der Waals surface area contributed by atoms with E-state index in [2.05, 4.69) is 33.2 Å². The van der Waals surface area contributed by atoms with Gasteiger partial charge in [-0.25, -0.2) is 10.9 Å². The number of nitrogens with zero attached hydrogens (tertiary/aromatic N) is 1. The largest absolute Gasteiger partial charge is 0.480 e. The van der Waals surface area contributed by atoms with Crippen LogP contribution in [0.1, 0.15) is 11.1 Å². The van der Waals surface area contributed by atoms with Gasteiger partial charge in [-0.15, -0.1) is 0 Å². The first-order valence-corrected chi connectivity index (χ1v) is 6.90. The maximum absolute atomic E-state index is 11.1. The molecule has 0 spiro atoms. The van der Waals surface area contributed by atoms with Crippen molar-refractivity contribution in [3.05, 3.63) is 59.9 Å². The van der Waals surface area contributed by atoms with E-state index in [0.717, 1.165) is 11.1 Å². The van der Waals surface area contributed by atoms with E-state index >= 15 is 0 Å². The summed E-state index contributed by atoms with van der Waals surface area (Å²) in [5.74, 6) is 5.54. The summed E-state index contributed by atoms with van der Waals surface area (Å²) in [4.78, 5) is 15.1. The maximum atomic E-state index is 11.1. The van der Waals surface area contributed by atoms with Gasteiger partial charge in [0.2, 0.25) is 0 Å². The maximum Gasteiger partial charge on any atom is 0.327 e. The van der Waals surface area contributed by atoms with E-state index in [1.807, 2.05) is 18.2 Å². The van der Waals surface area contributed by atoms with Gasteiger partial charge in [-0.2, -0.15) is 5.53 Å². The first-order chi connectivity index (χ1) is 11.2. The van der Waals surface area contributed by atoms with Crippen molar-refractivity contribution in [2.45, 2.75) is 12.3 Å². The van der Waals surface area contributed by atoms with Gasteiger partial charge in [0.1, 0.15) is 5.75 Å². The van der Waals surface area contributed by atoms with Crippen LogP contribution in [0.5, 0.6) is 5.75 Å². The number of rotatable bonds is 3. The van der Waals surface area contributed by atoms with E-state index in [1.165, 1.54) is 0 Å². The van der Waals surface area contributed by atoms with Crippen molar-refractivity contribution >= 4 is 5.97 Å². The van der Waals surface area contributed by atoms with Gasteiger partial charge in [-0.3, -0.25) is 9.78 Å². The van der Waals surface area contributed by atoms with Crippen LogP contribution in [0.4, 0.5) is 0 Å². The molecule has 1 fully saturated rings. The quantitative estimate of drug-likeness (QED) is 0.604. The van der Waals surface area contributed by atoms with E-state index in [4.69, 9.17) is 9.84 Å². The standard InChI is InChI=1S/C16H14N4O3/c21-16(22)14-15(19-20-18-14)23-13-5-1-3-11(9-13)6-7-12-4-2-8-17-10-12/h1-5,8-10,14-15,18-20H,(H,21,22). The molecule has 1 saturated heterocycles. The molecule has 7 heteroatoms. The highest BCUT2D eigenvalue weighted by Crippen LogP contribution is 2.15. The zero-order chi connectivity index (χ0) is 16.1. The summed E-state index contributed by atoms with van der Waals surface area (Å²) in [6.45, 7) is 0. The molecule has 1 aromatic carbocycles. The molecule has 1 aliphatic rings. The number of carbonyl (C=O) groups is 1. The highest BCUT2D eigenvalue weighted by Gasteiger charge is 2.34. The normalized spacial score (nSPS) is 19.7. The predicted octanol–water partition coefficient (Wildman–Crippen LogP) is 0.252. The third kappa shape index (κ3) is 3.84. The van der Waals surface area contributed by atoms with Crippen LogP contribution >= 0.6 is 0 Å². The molecule has 3 rings (SSSR count). The van der Waals surface area contributed by atoms with Crippen molar-refractivity contribution in [1.82, 2.24) is 21.4 Å². The first kappa shape index (κ1) is 15.0. The Kier molecular flexibility index (Phi) is 4.49. The Morgan fingerprint density at radius 3 is 2.78 bits per heavy atom. The number of ether oxygens (including phenoxy) is 1. The van der Waals surface area contributed by atoms with Gasteiger partial charge in [0.05, 0.1) is 0 Å². The monoisotopic (exact) mass is 310 g/mol. The number of hydrogen-bond acceptors (Lipinski definition) is 6. The Labute approximate surface area is 132 Å². The van der Waals surface area contributed by atoms with Gasteiger partial charge < -0.3 is 9.84 Å². The zero-order valence-corrected chi connectivity index (χ0v) is 12.0. The molecule has 0 bridgehead atoms. The van der Waals surface area contributed by atoms with Gasteiger partial charge in [-0.05, 0) is 30.3 Å². The predicted molar refractivity (Wildman–Crippen MR) is 81.9 cm³/mol. The fourth-order valence-corrected chi connectivity index (χ4v) is 2.01. The number of pyridine rings is 1. The summed E-state index contributed by atoms with van der Waals surface area (Å²) in [6, 6.07) is 9.95. The van der Waals surface area contributed by atoms with E-state index < -0.39 is 18.2 Å². The molecule has 0 radical (unpaired) electrons. The Morgan fingerprint density at radius 1 is 1.17 bits per heavy atom. The molecule has 1 aromatic heterocycles. The van der Waals surface area contributed by atoms with E-state index in [1.54, 1.807) is 30.6 Å². The number of aromatic nitrogens is 1. The van der Waals surface area contributed by atoms with Gasteiger partial charge >= 0.3 is 5.97 Å². The minimum Gasteiger partial charge on any atom is -0.480 e. The molecule has 2 heterocycles. The summed E-state index contributed by atoms with van der Waals surface area (Å²) < 4.78 is 5.64. The van der Waals surface area contributed by atoms with Crippen LogP contribution in [0.25, 0.3) is 0 Å². The highest BCUT2D eigenvalue weighted by molar-refractivity contribution is 5.74. The molecular weight excluding hydrogens is 296 g/mol. The number of nitrogens with one attached hydrogen (secondary N) is 3. The van der Waals surface area contributed by atoms with E-state index in [9.17, 15) is 4.79 Å². The van der Waals surface area contributed by atoms with Gasteiger partial charge in [0.25, 0.3) is 0 Å². The van der Waals surface area contributed by atoms with Crippen LogP contribution in [0, 0.1) is 11.8 Å². The lowest BCUT2D eigenvalue weighted by molar-refractivity contribution is -0.141. The Bertz CT molecular complexity index is 755. The summed E-state index contributed by atoms with van der Waals surface area (Å²) in [5.41, 5.74) is 9.39. The number of hydrazine groups is 2. The second-order valence-corrected chi connectivity index (χ2v) is 4.79. The van der Waals surface area contributed by atoms with Gasteiger partial charge in [0.15, 0.2) is 12.3 Å². The lowest BCUT2D eigenvalue weighted by Crippen LogP contribution is -2.44. The van der Waals surface area contributed by atoms with Crippen LogP contribution in [0.2, 0.25) is 0 Å². The summed E-state index contributed by atoms with van der Waals surface area (Å²) in [6.07, 6.45) is 2.65. The third-order valence-electron chi connectivity index (χ3n) is 3.12. The average Bonchev–Trinajstić information content (AvgIpc) is 3.03. The second kappa shape index (κ2) is 6.89. The van der Waals surface area contributed by atoms with Crippen molar-refractivity contribution in [1.29, 1.82) is 0 Å². The lowest BCUT2D eigenvalue weighted by atomic mass is 10.2. The second-order valence-electron chi connectivity index (χ2n) is 4.79. The van der Waals surface area contributed by atoms with Crippen LogP contribution in [-0.2, 0) is 4.79 Å². The molecule has 2 unspecified atom stereocenters. The van der Waals surface area contributed by atoms with Crippen LogP contribution < -0.4 is 21.1 Å². The van der Waals surface area contributed by atoms with Crippen molar-refractivity contribution in [3.63, 3.8) is 0 Å². The van der Waals surface area contributed by atoms with Crippen molar-refractivity contribution in [2.24, 2.45) is 0 Å². The van der Waals surface area contributed by atoms with E-state index in [0.29, 0.717) is 5.75 Å². The molecule has 7 nitrogen and oxygen atoms in total. The van der Waals surface area contributed by atoms with Gasteiger partial charge in [-0.1, -0.05) is 17.9 Å². The third-order valence-corrected chi connectivity index (χ3v) is 3.12. The van der Waals surface area contributed by atoms with Crippen molar-refractivity contribution in [3.8, 4) is 17.6 Å². The summed E-state index contributed by atoms with van der Waals surface area (Å²) >= 11 is 0. The minimum atomic E-state index is -1.01. The van der Waals surface area contributed by atoms with Crippen LogP contribution in [-0.4, -0.2) is 28.3 Å². The average molecular weight is 310 g/mol. The SMILES string of the molecule is O=C(O)C1NNNC1Oc1cccc(C#Cc2cccnc2)c1. The molecule has 4 N–H and O–H groups in total. The Balaban J connectivity index is 1.73. The number of carboxylic acid groups (broad SMARTS) is 1. The molecule has 0 saturated carbocycles. The van der Waals surface area contributed by atoms with Crippen LogP contribution in [0.3, 0.4) is 0 Å². The fourth-order valence-electron chi connectivity index (χ4n) is 2.01. The smallest absolute Gasteiger partial charge is 0.327 e. The van der Waals surface area contributed by atoms with Crippen molar-refractivity contribution < 1.29 is 14.6 Å². The Hall–Kier alpha value is -2.92. The molecule has 2 aromatic rings. The molecule has 0 aliphatic carbocycles. The first-order valence-electron chi connectivity index (χ1n) is 6.90. The highest BCUT2D eigenvalue weighted by atomic mass is 16.5. The van der Waals surface area contributed by atoms with Crippen LogP contribution in [0.15, 0.2) is 48.8 Å². The van der Waals surface area contributed by atoms with Gasteiger partial charge in [0, 0.05) is 23.5 Å². The topological polar surface area (TPSA) is 95.5 Å². The summed E-state index contributed by atoms with van der Waals surface area (Å²) in [7, 11) is 0. The molecular formula is C16H14N4O3. The number of benzene rings is 1. The van der Waals surface area contributed by atoms with Crippen molar-refractivity contribution in [2.75, 3.05) is 0 Å². The fraction of sp³-hybridized carbons (Fsp3) is 0.125. The zero-order valence-electron chi connectivity index (χ0n) is 12.0. The Morgan fingerprint density at radius 2 is 2.00 bits per heavy atom. The molecule has 1 aliphatic heterocycles.